The number of thioether (sulfide) groups is 1. The second kappa shape index (κ2) is 8.19. The smallest absolute Gasteiger partial charge is 0.234 e. The predicted octanol–water partition coefficient (Wildman–Crippen LogP) is 3.12. The fraction of sp³-hybridized carbons (Fsp3) is 0.100. The average Bonchev–Trinajstić information content (AvgIpc) is 3.16. The van der Waals surface area contributed by atoms with Crippen LogP contribution in [0, 0.1) is 0 Å². The zero-order valence-corrected chi connectivity index (χ0v) is 16.3. The van der Waals surface area contributed by atoms with Crippen LogP contribution in [0.1, 0.15) is 17.3 Å². The largest absolute Gasteiger partial charge is 0.325 e. The van der Waals surface area contributed by atoms with Gasteiger partial charge in [-0.25, -0.2) is 0 Å². The zero-order chi connectivity index (χ0) is 20.2. The van der Waals surface area contributed by atoms with Crippen molar-refractivity contribution in [3.63, 3.8) is 0 Å². The Hall–Kier alpha value is -3.59. The van der Waals surface area contributed by atoms with Gasteiger partial charge in [0.25, 0.3) is 0 Å². The molecule has 0 aliphatic heterocycles. The van der Waals surface area contributed by atoms with Crippen LogP contribution in [0.4, 0.5) is 5.69 Å². The number of aromatic nitrogens is 5. The zero-order valence-electron chi connectivity index (χ0n) is 15.4. The van der Waals surface area contributed by atoms with Crippen molar-refractivity contribution in [3.05, 3.63) is 66.5 Å². The second-order valence-electron chi connectivity index (χ2n) is 6.17. The predicted molar refractivity (Wildman–Crippen MR) is 110 cm³/mol. The van der Waals surface area contributed by atoms with E-state index >= 15 is 0 Å². The van der Waals surface area contributed by atoms with E-state index in [1.54, 1.807) is 47.2 Å². The molecule has 0 saturated heterocycles. The molecule has 4 rings (SSSR count). The monoisotopic (exact) mass is 404 g/mol. The minimum absolute atomic E-state index is 0.0139. The third-order valence-electron chi connectivity index (χ3n) is 4.10. The van der Waals surface area contributed by atoms with Crippen molar-refractivity contribution in [1.82, 2.24) is 24.8 Å². The van der Waals surface area contributed by atoms with Crippen LogP contribution in [0.15, 0.2) is 66.0 Å². The summed E-state index contributed by atoms with van der Waals surface area (Å²) < 4.78 is 1.65. The molecule has 29 heavy (non-hydrogen) atoms. The van der Waals surface area contributed by atoms with Gasteiger partial charge in [0.05, 0.1) is 5.75 Å². The number of nitrogens with zero attached hydrogens (tertiary/aromatic N) is 5. The summed E-state index contributed by atoms with van der Waals surface area (Å²) in [5.74, 6) is 0.630. The number of hydrogen-bond acceptors (Lipinski definition) is 7. The third kappa shape index (κ3) is 4.30. The molecule has 1 amide bonds. The molecule has 0 aliphatic rings. The van der Waals surface area contributed by atoms with Gasteiger partial charge in [0.2, 0.25) is 5.91 Å². The van der Waals surface area contributed by atoms with Gasteiger partial charge in [-0.3, -0.25) is 14.6 Å². The second-order valence-corrected chi connectivity index (χ2v) is 7.17. The summed E-state index contributed by atoms with van der Waals surface area (Å²) in [6, 6.07) is 14.1. The van der Waals surface area contributed by atoms with Gasteiger partial charge in [0, 0.05) is 29.2 Å². The Bertz CT molecular complexity index is 1170. The number of nitrogens with one attached hydrogen (secondary N) is 1. The van der Waals surface area contributed by atoms with E-state index in [9.17, 15) is 9.59 Å². The highest BCUT2D eigenvalue weighted by Gasteiger charge is 2.11. The van der Waals surface area contributed by atoms with Gasteiger partial charge in [-0.05, 0) is 55.5 Å². The van der Waals surface area contributed by atoms with E-state index in [-0.39, 0.29) is 17.4 Å². The topological polar surface area (TPSA) is 102 Å². The first-order chi connectivity index (χ1) is 14.1. The number of carbonyl (C=O) groups excluding carboxylic acids is 2. The van der Waals surface area contributed by atoms with Gasteiger partial charge in [-0.1, -0.05) is 11.8 Å². The number of rotatable bonds is 6. The quantitative estimate of drug-likeness (QED) is 0.389. The van der Waals surface area contributed by atoms with Crippen molar-refractivity contribution >= 4 is 34.8 Å². The van der Waals surface area contributed by atoms with Crippen molar-refractivity contribution in [3.8, 4) is 11.4 Å². The molecular weight excluding hydrogens is 388 g/mol. The number of ketones is 1. The molecule has 1 N–H and O–H groups in total. The Morgan fingerprint density at radius 3 is 2.48 bits per heavy atom. The molecular formula is C20H16N6O2S. The van der Waals surface area contributed by atoms with Crippen molar-refractivity contribution in [1.29, 1.82) is 0 Å². The van der Waals surface area contributed by atoms with E-state index in [2.05, 4.69) is 25.6 Å². The molecule has 0 aliphatic carbocycles. The maximum atomic E-state index is 12.2. The standard InChI is InChI=1S/C20H16N6O2S/c1-13(27)14-2-4-16(5-3-14)22-18(28)12-29-19-7-6-17-23-24-20(26(17)25-19)15-8-10-21-11-9-15/h2-11H,12H2,1H3,(H,22,28). The van der Waals surface area contributed by atoms with E-state index in [1.807, 2.05) is 18.2 Å². The molecule has 4 aromatic rings. The summed E-state index contributed by atoms with van der Waals surface area (Å²) in [6.45, 7) is 1.50. The number of benzene rings is 1. The minimum atomic E-state index is -0.161. The summed E-state index contributed by atoms with van der Waals surface area (Å²) >= 11 is 1.31. The number of pyridine rings is 1. The SMILES string of the molecule is CC(=O)c1ccc(NC(=O)CSc2ccc3nnc(-c4ccncc4)n3n2)cc1. The Balaban J connectivity index is 1.44. The first-order valence-corrected chi connectivity index (χ1v) is 9.75. The van der Waals surface area contributed by atoms with E-state index in [0.717, 1.165) is 5.56 Å². The molecule has 0 spiro atoms. The normalized spacial score (nSPS) is 10.8. The van der Waals surface area contributed by atoms with Crippen LogP contribution < -0.4 is 5.32 Å². The lowest BCUT2D eigenvalue weighted by molar-refractivity contribution is -0.113. The first kappa shape index (κ1) is 18.8. The van der Waals surface area contributed by atoms with Crippen molar-refractivity contribution in [2.45, 2.75) is 11.9 Å². The molecule has 0 radical (unpaired) electrons. The number of hydrogen-bond donors (Lipinski definition) is 1. The number of Topliss-reactive ketones (excluding diaryl/α,β-unsaturated/α-hetero) is 1. The van der Waals surface area contributed by atoms with Crippen LogP contribution in [-0.4, -0.2) is 42.2 Å². The summed E-state index contributed by atoms with van der Waals surface area (Å²) in [7, 11) is 0. The first-order valence-electron chi connectivity index (χ1n) is 8.77. The highest BCUT2D eigenvalue weighted by Crippen LogP contribution is 2.20. The number of carbonyl (C=O) groups is 2. The lowest BCUT2D eigenvalue weighted by Gasteiger charge is -2.06. The molecule has 0 atom stereocenters. The summed E-state index contributed by atoms with van der Waals surface area (Å²) in [4.78, 5) is 27.6. The van der Waals surface area contributed by atoms with Gasteiger partial charge in [-0.2, -0.15) is 9.61 Å². The lowest BCUT2D eigenvalue weighted by Crippen LogP contribution is -2.14. The van der Waals surface area contributed by atoms with Crippen LogP contribution in [0.2, 0.25) is 0 Å². The van der Waals surface area contributed by atoms with Gasteiger partial charge in [0.1, 0.15) is 5.03 Å². The van der Waals surface area contributed by atoms with Crippen molar-refractivity contribution in [2.24, 2.45) is 0 Å². The molecule has 3 heterocycles. The maximum Gasteiger partial charge on any atom is 0.234 e. The minimum Gasteiger partial charge on any atom is -0.325 e. The van der Waals surface area contributed by atoms with Crippen molar-refractivity contribution in [2.75, 3.05) is 11.1 Å². The molecule has 9 heteroatoms. The van der Waals surface area contributed by atoms with E-state index in [0.29, 0.717) is 27.7 Å². The number of anilines is 1. The third-order valence-corrected chi connectivity index (χ3v) is 5.02. The number of fused-ring (bicyclic) bond motifs is 1. The van der Waals surface area contributed by atoms with Crippen molar-refractivity contribution < 1.29 is 9.59 Å². The molecule has 144 valence electrons. The number of amides is 1. The molecule has 0 bridgehead atoms. The fourth-order valence-corrected chi connectivity index (χ4v) is 3.31. The van der Waals surface area contributed by atoms with Gasteiger partial charge in [-0.15, -0.1) is 10.2 Å². The Morgan fingerprint density at radius 2 is 1.76 bits per heavy atom. The Kier molecular flexibility index (Phi) is 5.30. The van der Waals surface area contributed by atoms with Gasteiger partial charge >= 0.3 is 0 Å². The van der Waals surface area contributed by atoms with E-state index in [4.69, 9.17) is 0 Å². The van der Waals surface area contributed by atoms with Crippen LogP contribution in [-0.2, 0) is 4.79 Å². The average molecular weight is 404 g/mol. The molecule has 0 saturated carbocycles. The maximum absolute atomic E-state index is 12.2. The highest BCUT2D eigenvalue weighted by atomic mass is 32.2. The van der Waals surface area contributed by atoms with Crippen LogP contribution in [0.3, 0.4) is 0 Å². The molecule has 8 nitrogen and oxygen atoms in total. The highest BCUT2D eigenvalue weighted by molar-refractivity contribution is 7.99. The molecule has 0 unspecified atom stereocenters. The molecule has 1 aromatic carbocycles. The fourth-order valence-electron chi connectivity index (χ4n) is 2.65. The van der Waals surface area contributed by atoms with E-state index < -0.39 is 0 Å². The molecule has 0 fully saturated rings. The Morgan fingerprint density at radius 1 is 1.00 bits per heavy atom. The summed E-state index contributed by atoms with van der Waals surface area (Å²) in [5.41, 5.74) is 2.72. The van der Waals surface area contributed by atoms with Gasteiger partial charge < -0.3 is 5.32 Å². The van der Waals surface area contributed by atoms with Crippen LogP contribution >= 0.6 is 11.8 Å². The van der Waals surface area contributed by atoms with Crippen LogP contribution in [0.5, 0.6) is 0 Å². The van der Waals surface area contributed by atoms with Gasteiger partial charge in [0.15, 0.2) is 17.3 Å². The molecule has 3 aromatic heterocycles. The van der Waals surface area contributed by atoms with Crippen LogP contribution in [0.25, 0.3) is 17.0 Å². The van der Waals surface area contributed by atoms with E-state index in [1.165, 1.54) is 18.7 Å². The lowest BCUT2D eigenvalue weighted by atomic mass is 10.1. The summed E-state index contributed by atoms with van der Waals surface area (Å²) in [6.07, 6.45) is 3.37. The summed E-state index contributed by atoms with van der Waals surface area (Å²) in [5, 5.41) is 16.3. The Labute approximate surface area is 170 Å².